The third-order valence-corrected chi connectivity index (χ3v) is 6.16. The normalized spacial score (nSPS) is 14.1. The van der Waals surface area contributed by atoms with E-state index in [9.17, 15) is 18.0 Å². The average Bonchev–Trinajstić information content (AvgIpc) is 2.79. The number of nitrogens with zero attached hydrogens (tertiary/aromatic N) is 1. The maximum absolute atomic E-state index is 13.4. The van der Waals surface area contributed by atoms with Gasteiger partial charge < -0.3 is 9.47 Å². The van der Waals surface area contributed by atoms with Crippen molar-refractivity contribution in [2.24, 2.45) is 0 Å². The van der Waals surface area contributed by atoms with Crippen LogP contribution in [0.2, 0.25) is 0 Å². The molecule has 0 radical (unpaired) electrons. The number of sulfonamides is 1. The van der Waals surface area contributed by atoms with Crippen LogP contribution in [0.25, 0.3) is 5.76 Å². The lowest BCUT2D eigenvalue weighted by Gasteiger charge is -2.25. The predicted octanol–water partition coefficient (Wildman–Crippen LogP) is 2.99. The van der Waals surface area contributed by atoms with Crippen molar-refractivity contribution in [2.75, 3.05) is 6.54 Å². The number of carbonyl (C=O) groups is 2. The van der Waals surface area contributed by atoms with Crippen LogP contribution >= 0.6 is 0 Å². The van der Waals surface area contributed by atoms with Crippen LogP contribution in [-0.2, 0) is 35.5 Å². The molecule has 0 saturated heterocycles. The third-order valence-electron chi connectivity index (χ3n) is 4.36. The third kappa shape index (κ3) is 4.32. The number of rotatable bonds is 4. The Labute approximate surface area is 169 Å². The molecule has 29 heavy (non-hydrogen) atoms. The molecule has 2 aromatic rings. The van der Waals surface area contributed by atoms with E-state index in [2.05, 4.69) is 0 Å². The highest BCUT2D eigenvalue weighted by Crippen LogP contribution is 2.34. The molecule has 2 aromatic carbocycles. The molecule has 0 amide bonds. The van der Waals surface area contributed by atoms with Crippen LogP contribution in [0.15, 0.2) is 59.3 Å². The van der Waals surface area contributed by atoms with Gasteiger partial charge in [0.25, 0.3) is 15.9 Å². The molecular weight excluding hydrogens is 394 g/mol. The van der Waals surface area contributed by atoms with Gasteiger partial charge in [0.2, 0.25) is 0 Å². The molecule has 1 aliphatic rings. The lowest BCUT2D eigenvalue weighted by Crippen LogP contribution is -2.34. The zero-order valence-electron chi connectivity index (χ0n) is 16.3. The molecule has 7 nitrogen and oxygen atoms in total. The minimum Gasteiger partial charge on any atom is -0.420 e. The first-order valence-corrected chi connectivity index (χ1v) is 10.4. The largest absolute Gasteiger partial charge is 0.420 e. The van der Waals surface area contributed by atoms with Crippen molar-refractivity contribution in [3.8, 4) is 0 Å². The van der Waals surface area contributed by atoms with E-state index >= 15 is 0 Å². The van der Waals surface area contributed by atoms with Crippen LogP contribution in [0.5, 0.6) is 0 Å². The summed E-state index contributed by atoms with van der Waals surface area (Å²) in [5, 5.41) is 0. The monoisotopic (exact) mass is 415 g/mol. The zero-order valence-corrected chi connectivity index (χ0v) is 17.2. The Morgan fingerprint density at radius 1 is 0.931 bits per heavy atom. The minimum absolute atomic E-state index is 0.0145. The SMILES string of the molecule is CC(=O)OC1=C(OC(C)=O)N(S(=O)(=O)c2ccc(C)cc2)CCc2ccccc21. The second kappa shape index (κ2) is 8.08. The first-order chi connectivity index (χ1) is 13.7. The van der Waals surface area contributed by atoms with Crippen molar-refractivity contribution >= 4 is 27.7 Å². The van der Waals surface area contributed by atoms with E-state index in [1.165, 1.54) is 19.1 Å². The van der Waals surface area contributed by atoms with Crippen LogP contribution in [0.3, 0.4) is 0 Å². The molecule has 0 unspecified atom stereocenters. The Kier molecular flexibility index (Phi) is 5.74. The second-order valence-corrected chi connectivity index (χ2v) is 8.48. The highest BCUT2D eigenvalue weighted by Gasteiger charge is 2.35. The molecule has 1 aliphatic heterocycles. The van der Waals surface area contributed by atoms with E-state index in [1.54, 1.807) is 30.3 Å². The van der Waals surface area contributed by atoms with Crippen molar-refractivity contribution < 1.29 is 27.5 Å². The number of benzene rings is 2. The molecule has 0 bridgehead atoms. The molecule has 0 aromatic heterocycles. The highest BCUT2D eigenvalue weighted by atomic mass is 32.2. The molecule has 1 heterocycles. The van der Waals surface area contributed by atoms with Crippen molar-refractivity contribution in [2.45, 2.75) is 32.1 Å². The topological polar surface area (TPSA) is 90.0 Å². The number of hydrogen-bond donors (Lipinski definition) is 0. The van der Waals surface area contributed by atoms with Crippen molar-refractivity contribution in [1.29, 1.82) is 0 Å². The van der Waals surface area contributed by atoms with Gasteiger partial charge in [0.05, 0.1) is 4.90 Å². The second-order valence-electron chi connectivity index (χ2n) is 6.62. The molecule has 0 aliphatic carbocycles. The van der Waals surface area contributed by atoms with E-state index in [1.807, 2.05) is 13.0 Å². The highest BCUT2D eigenvalue weighted by molar-refractivity contribution is 7.89. The van der Waals surface area contributed by atoms with E-state index < -0.39 is 22.0 Å². The summed E-state index contributed by atoms with van der Waals surface area (Å²) in [6, 6.07) is 13.4. The van der Waals surface area contributed by atoms with E-state index in [0.29, 0.717) is 12.0 Å². The molecule has 0 N–H and O–H groups in total. The smallest absolute Gasteiger partial charge is 0.309 e. The summed E-state index contributed by atoms with van der Waals surface area (Å²) in [7, 11) is -4.08. The Balaban J connectivity index is 2.24. The van der Waals surface area contributed by atoms with Gasteiger partial charge in [-0.25, -0.2) is 12.7 Å². The molecule has 8 heteroatoms. The maximum Gasteiger partial charge on any atom is 0.309 e. The Morgan fingerprint density at radius 3 is 2.17 bits per heavy atom. The average molecular weight is 415 g/mol. The zero-order chi connectivity index (χ0) is 21.2. The summed E-state index contributed by atoms with van der Waals surface area (Å²) < 4.78 is 38.4. The standard InChI is InChI=1S/C21H21NO6S/c1-14-8-10-18(11-9-14)29(25,26)22-13-12-17-6-4-5-7-19(17)20(27-15(2)23)21(22)28-16(3)24/h4-11H,12-13H2,1-3H3. The Bertz CT molecular complexity index is 1090. The van der Waals surface area contributed by atoms with Crippen LogP contribution in [0, 0.1) is 6.92 Å². The summed E-state index contributed by atoms with van der Waals surface area (Å²) in [5.74, 6) is -1.81. The van der Waals surface area contributed by atoms with Gasteiger partial charge in [-0.2, -0.15) is 0 Å². The molecule has 0 fully saturated rings. The lowest BCUT2D eigenvalue weighted by atomic mass is 10.0. The molecule has 0 spiro atoms. The van der Waals surface area contributed by atoms with Gasteiger partial charge in [-0.1, -0.05) is 42.0 Å². The van der Waals surface area contributed by atoms with E-state index in [0.717, 1.165) is 22.4 Å². The predicted molar refractivity (Wildman–Crippen MR) is 106 cm³/mol. The molecule has 3 rings (SSSR count). The molecular formula is C21H21NO6S. The number of carbonyl (C=O) groups excluding carboxylic acids is 2. The lowest BCUT2D eigenvalue weighted by molar-refractivity contribution is -0.140. The van der Waals surface area contributed by atoms with E-state index in [4.69, 9.17) is 9.47 Å². The number of aryl methyl sites for hydroxylation is 1. The fraction of sp³-hybridized carbons (Fsp3) is 0.238. The number of fused-ring (bicyclic) bond motifs is 1. The Morgan fingerprint density at radius 2 is 1.55 bits per heavy atom. The quantitative estimate of drug-likeness (QED) is 0.713. The first kappa shape index (κ1) is 20.6. The molecule has 152 valence electrons. The minimum atomic E-state index is -4.08. The van der Waals surface area contributed by atoms with Gasteiger partial charge in [-0.05, 0) is 31.0 Å². The summed E-state index contributed by atoms with van der Waals surface area (Å²) in [4.78, 5) is 23.6. The summed E-state index contributed by atoms with van der Waals surface area (Å²) in [6.45, 7) is 4.22. The van der Waals surface area contributed by atoms with Gasteiger partial charge in [-0.15, -0.1) is 0 Å². The number of ether oxygens (including phenoxy) is 2. The summed E-state index contributed by atoms with van der Waals surface area (Å²) in [6.07, 6.45) is 0.344. The number of esters is 2. The fourth-order valence-electron chi connectivity index (χ4n) is 3.05. The first-order valence-electron chi connectivity index (χ1n) is 8.99. The van der Waals surface area contributed by atoms with Crippen molar-refractivity contribution in [1.82, 2.24) is 4.31 Å². The van der Waals surface area contributed by atoms with Crippen molar-refractivity contribution in [3.05, 3.63) is 71.1 Å². The summed E-state index contributed by atoms with van der Waals surface area (Å²) >= 11 is 0. The van der Waals surface area contributed by atoms with E-state index in [-0.39, 0.29) is 23.1 Å². The van der Waals surface area contributed by atoms with Crippen molar-refractivity contribution in [3.63, 3.8) is 0 Å². The van der Waals surface area contributed by atoms with Crippen LogP contribution in [0.4, 0.5) is 0 Å². The molecule has 0 atom stereocenters. The van der Waals surface area contributed by atoms with Gasteiger partial charge in [0.15, 0.2) is 5.76 Å². The van der Waals surface area contributed by atoms with Crippen LogP contribution < -0.4 is 0 Å². The van der Waals surface area contributed by atoms with Gasteiger partial charge >= 0.3 is 11.9 Å². The van der Waals surface area contributed by atoms with Crippen LogP contribution in [-0.4, -0.2) is 31.2 Å². The van der Waals surface area contributed by atoms with Gasteiger partial charge in [0, 0.05) is 26.0 Å². The summed E-state index contributed by atoms with van der Waals surface area (Å²) in [5.41, 5.74) is 2.18. The molecule has 0 saturated carbocycles. The fourth-order valence-corrected chi connectivity index (χ4v) is 4.46. The maximum atomic E-state index is 13.4. The number of hydrogen-bond acceptors (Lipinski definition) is 6. The van der Waals surface area contributed by atoms with Crippen LogP contribution in [0.1, 0.15) is 30.5 Å². The van der Waals surface area contributed by atoms with Gasteiger partial charge in [0.1, 0.15) is 0 Å². The Hall–Kier alpha value is -3.13. The van der Waals surface area contributed by atoms with Gasteiger partial charge in [-0.3, -0.25) is 9.59 Å².